The molecule has 138 valence electrons. The Labute approximate surface area is 147 Å². The van der Waals surface area contributed by atoms with E-state index in [-0.39, 0.29) is 11.8 Å². The number of nitrogens with zero attached hydrogens (tertiary/aromatic N) is 2. The lowest BCUT2D eigenvalue weighted by Gasteiger charge is -2.36. The van der Waals surface area contributed by atoms with Crippen LogP contribution in [0.5, 0.6) is 5.75 Å². The predicted molar refractivity (Wildman–Crippen MR) is 92.9 cm³/mol. The van der Waals surface area contributed by atoms with E-state index >= 15 is 0 Å². The number of ether oxygens (including phenoxy) is 1. The van der Waals surface area contributed by atoms with Crippen molar-refractivity contribution >= 4 is 21.8 Å². The molecule has 0 spiro atoms. The molecule has 1 atom stereocenters. The molecule has 1 heterocycles. The fraction of sp³-hybridized carbons (Fsp3) is 0.500. The number of amides is 2. The molecule has 1 saturated heterocycles. The second-order valence-electron chi connectivity index (χ2n) is 5.96. The second kappa shape index (κ2) is 7.83. The van der Waals surface area contributed by atoms with Crippen LogP contribution >= 0.6 is 0 Å². The monoisotopic (exact) mass is 369 g/mol. The average Bonchev–Trinajstić information content (AvgIpc) is 2.59. The smallest absolute Gasteiger partial charge is 0.253 e. The first-order valence-electron chi connectivity index (χ1n) is 7.90. The lowest BCUT2D eigenvalue weighted by Crippen LogP contribution is -2.55. The van der Waals surface area contributed by atoms with Gasteiger partial charge in [-0.05, 0) is 31.2 Å². The summed E-state index contributed by atoms with van der Waals surface area (Å²) in [7, 11) is -1.88. The van der Waals surface area contributed by atoms with Gasteiger partial charge in [-0.3, -0.25) is 9.59 Å². The van der Waals surface area contributed by atoms with Gasteiger partial charge in [0.25, 0.3) is 5.91 Å². The normalized spacial score (nSPS) is 16.4. The summed E-state index contributed by atoms with van der Waals surface area (Å²) in [5, 5.41) is 0. The van der Waals surface area contributed by atoms with Crippen LogP contribution in [0, 0.1) is 0 Å². The number of carbonyl (C=O) groups excluding carboxylic acids is 2. The van der Waals surface area contributed by atoms with Crippen molar-refractivity contribution in [2.24, 2.45) is 0 Å². The summed E-state index contributed by atoms with van der Waals surface area (Å²) in [6.45, 7) is 3.07. The molecule has 9 heteroatoms. The van der Waals surface area contributed by atoms with Crippen LogP contribution in [0.4, 0.5) is 0 Å². The van der Waals surface area contributed by atoms with Crippen molar-refractivity contribution in [2.45, 2.75) is 13.0 Å². The summed E-state index contributed by atoms with van der Waals surface area (Å²) in [6.07, 6.45) is 1.02. The molecule has 0 saturated carbocycles. The van der Waals surface area contributed by atoms with Gasteiger partial charge in [-0.2, -0.15) is 0 Å². The first-order valence-corrected chi connectivity index (χ1v) is 9.80. The number of sulfonamides is 1. The largest absolute Gasteiger partial charge is 0.497 e. The third kappa shape index (κ3) is 5.17. The zero-order chi connectivity index (χ0) is 18.6. The molecule has 1 aromatic rings. The third-order valence-electron chi connectivity index (χ3n) is 3.98. The van der Waals surface area contributed by atoms with Gasteiger partial charge in [-0.1, -0.05) is 0 Å². The average molecular weight is 369 g/mol. The number of methoxy groups -OCH3 is 1. The Kier molecular flexibility index (Phi) is 6.02. The summed E-state index contributed by atoms with van der Waals surface area (Å²) in [6, 6.07) is 6.05. The lowest BCUT2D eigenvalue weighted by atomic mass is 10.1. The molecular weight excluding hydrogens is 346 g/mol. The minimum absolute atomic E-state index is 0.0999. The minimum Gasteiger partial charge on any atom is -0.497 e. The van der Waals surface area contributed by atoms with Crippen molar-refractivity contribution in [3.8, 4) is 5.75 Å². The second-order valence-corrected chi connectivity index (χ2v) is 7.74. The molecule has 8 nitrogen and oxygen atoms in total. The van der Waals surface area contributed by atoms with Crippen LogP contribution in [0.15, 0.2) is 24.3 Å². The Morgan fingerprint density at radius 1 is 1.08 bits per heavy atom. The first-order chi connectivity index (χ1) is 11.7. The maximum atomic E-state index is 12.5. The summed E-state index contributed by atoms with van der Waals surface area (Å²) in [5.41, 5.74) is 0.563. The van der Waals surface area contributed by atoms with Gasteiger partial charge in [-0.15, -0.1) is 0 Å². The van der Waals surface area contributed by atoms with Crippen molar-refractivity contribution in [2.75, 3.05) is 39.5 Å². The van der Waals surface area contributed by atoms with Gasteiger partial charge in [-0.25, -0.2) is 13.1 Å². The highest BCUT2D eigenvalue weighted by molar-refractivity contribution is 7.88. The van der Waals surface area contributed by atoms with E-state index in [0.29, 0.717) is 37.5 Å². The van der Waals surface area contributed by atoms with E-state index in [2.05, 4.69) is 4.72 Å². The van der Waals surface area contributed by atoms with Crippen LogP contribution in [-0.4, -0.2) is 75.6 Å². The molecule has 0 unspecified atom stereocenters. The van der Waals surface area contributed by atoms with Gasteiger partial charge < -0.3 is 14.5 Å². The predicted octanol–water partition coefficient (Wildman–Crippen LogP) is -0.0827. The Morgan fingerprint density at radius 3 is 2.08 bits per heavy atom. The van der Waals surface area contributed by atoms with Crippen LogP contribution in [-0.2, 0) is 14.8 Å². The SMILES string of the molecule is COc1ccc(C(=O)N2CCN(C(=O)[C@@H](C)NS(C)(=O)=O)CC2)cc1. The highest BCUT2D eigenvalue weighted by Gasteiger charge is 2.28. The number of benzene rings is 1. The Bertz CT molecular complexity index is 725. The summed E-state index contributed by atoms with van der Waals surface area (Å²) < 4.78 is 29.8. The van der Waals surface area contributed by atoms with Gasteiger partial charge in [0.2, 0.25) is 15.9 Å². The summed E-state index contributed by atoms with van der Waals surface area (Å²) in [5.74, 6) is 0.290. The molecular formula is C16H23N3O5S. The third-order valence-corrected chi connectivity index (χ3v) is 4.76. The van der Waals surface area contributed by atoms with E-state index < -0.39 is 16.1 Å². The van der Waals surface area contributed by atoms with E-state index in [1.807, 2.05) is 0 Å². The first kappa shape index (κ1) is 19.2. The Hall–Kier alpha value is -2.13. The van der Waals surface area contributed by atoms with E-state index in [1.54, 1.807) is 41.2 Å². The van der Waals surface area contributed by atoms with Crippen LogP contribution in [0.1, 0.15) is 17.3 Å². The van der Waals surface area contributed by atoms with Crippen LogP contribution in [0.25, 0.3) is 0 Å². The van der Waals surface area contributed by atoms with Crippen LogP contribution in [0.3, 0.4) is 0 Å². The van der Waals surface area contributed by atoms with E-state index in [9.17, 15) is 18.0 Å². The van der Waals surface area contributed by atoms with Crippen LogP contribution in [0.2, 0.25) is 0 Å². The number of piperazine rings is 1. The van der Waals surface area contributed by atoms with Crippen molar-refractivity contribution < 1.29 is 22.7 Å². The van der Waals surface area contributed by atoms with Gasteiger partial charge in [0.15, 0.2) is 0 Å². The highest BCUT2D eigenvalue weighted by Crippen LogP contribution is 2.14. The molecule has 2 amide bonds. The molecule has 1 aliphatic rings. The van der Waals surface area contributed by atoms with Crippen LogP contribution < -0.4 is 9.46 Å². The molecule has 1 N–H and O–H groups in total. The summed E-state index contributed by atoms with van der Waals surface area (Å²) in [4.78, 5) is 28.0. The molecule has 0 aromatic heterocycles. The minimum atomic E-state index is -3.45. The van der Waals surface area contributed by atoms with Gasteiger partial charge in [0.05, 0.1) is 19.4 Å². The lowest BCUT2D eigenvalue weighted by molar-refractivity contribution is -0.134. The molecule has 2 rings (SSSR count). The topological polar surface area (TPSA) is 96.0 Å². The van der Waals surface area contributed by atoms with E-state index in [4.69, 9.17) is 4.74 Å². The van der Waals surface area contributed by atoms with Crippen molar-refractivity contribution in [1.82, 2.24) is 14.5 Å². The Balaban J connectivity index is 1.92. The standard InChI is InChI=1S/C16H23N3O5S/c1-12(17-25(3,22)23)15(20)18-8-10-19(11-9-18)16(21)13-4-6-14(24-2)7-5-13/h4-7,12,17H,8-11H2,1-3H3/t12-/m1/s1. The van der Waals surface area contributed by atoms with Gasteiger partial charge >= 0.3 is 0 Å². The van der Waals surface area contributed by atoms with Crippen molar-refractivity contribution in [3.63, 3.8) is 0 Å². The molecule has 0 bridgehead atoms. The highest BCUT2D eigenvalue weighted by atomic mass is 32.2. The number of hydrogen-bond donors (Lipinski definition) is 1. The molecule has 25 heavy (non-hydrogen) atoms. The zero-order valence-corrected chi connectivity index (χ0v) is 15.4. The summed E-state index contributed by atoms with van der Waals surface area (Å²) >= 11 is 0. The van der Waals surface area contributed by atoms with Crippen molar-refractivity contribution in [3.05, 3.63) is 29.8 Å². The quantitative estimate of drug-likeness (QED) is 0.783. The fourth-order valence-corrected chi connectivity index (χ4v) is 3.43. The number of rotatable bonds is 5. The number of nitrogens with one attached hydrogen (secondary N) is 1. The molecule has 1 aliphatic heterocycles. The number of carbonyl (C=O) groups is 2. The molecule has 0 radical (unpaired) electrons. The molecule has 1 aromatic carbocycles. The van der Waals surface area contributed by atoms with E-state index in [1.165, 1.54) is 6.92 Å². The molecule has 1 fully saturated rings. The number of hydrogen-bond acceptors (Lipinski definition) is 5. The molecule has 0 aliphatic carbocycles. The van der Waals surface area contributed by atoms with Crippen molar-refractivity contribution in [1.29, 1.82) is 0 Å². The fourth-order valence-electron chi connectivity index (χ4n) is 2.69. The Morgan fingerprint density at radius 2 is 1.60 bits per heavy atom. The van der Waals surface area contributed by atoms with E-state index in [0.717, 1.165) is 6.26 Å². The van der Waals surface area contributed by atoms with Gasteiger partial charge in [0, 0.05) is 31.7 Å². The van der Waals surface area contributed by atoms with Gasteiger partial charge in [0.1, 0.15) is 5.75 Å². The maximum absolute atomic E-state index is 12.5. The maximum Gasteiger partial charge on any atom is 0.253 e. The zero-order valence-electron chi connectivity index (χ0n) is 14.6.